The number of nitriles is 1. The van der Waals surface area contributed by atoms with Gasteiger partial charge in [-0.15, -0.1) is 0 Å². The van der Waals surface area contributed by atoms with Gasteiger partial charge in [-0.2, -0.15) is 22.7 Å². The van der Waals surface area contributed by atoms with Crippen molar-refractivity contribution in [3.63, 3.8) is 0 Å². The topological polar surface area (TPSA) is 108 Å². The molecule has 2 aromatic carbocycles. The lowest BCUT2D eigenvalue weighted by atomic mass is 10.1. The zero-order chi connectivity index (χ0) is 22.1. The molecule has 30 heavy (non-hydrogen) atoms. The number of anilines is 1. The number of nitro groups is 1. The van der Waals surface area contributed by atoms with E-state index in [2.05, 4.69) is 0 Å². The van der Waals surface area contributed by atoms with E-state index in [1.807, 2.05) is 6.07 Å². The first kappa shape index (κ1) is 21.5. The molecule has 1 saturated heterocycles. The van der Waals surface area contributed by atoms with E-state index >= 15 is 0 Å². The van der Waals surface area contributed by atoms with Crippen LogP contribution < -0.4 is 4.90 Å². The Kier molecular flexibility index (Phi) is 5.69. The molecule has 8 nitrogen and oxygen atoms in total. The second-order valence-corrected chi connectivity index (χ2v) is 8.42. The summed E-state index contributed by atoms with van der Waals surface area (Å²) in [6.07, 6.45) is -4.57. The first-order chi connectivity index (χ1) is 14.0. The molecule has 1 aliphatic heterocycles. The Labute approximate surface area is 169 Å². The third-order valence-electron chi connectivity index (χ3n) is 4.70. The Morgan fingerprint density at radius 3 is 2.13 bits per heavy atom. The molecule has 12 heteroatoms. The zero-order valence-corrected chi connectivity index (χ0v) is 16.2. The van der Waals surface area contributed by atoms with E-state index < -0.39 is 26.7 Å². The van der Waals surface area contributed by atoms with Crippen molar-refractivity contribution in [2.75, 3.05) is 31.1 Å². The fraction of sp³-hybridized carbons (Fsp3) is 0.278. The maximum Gasteiger partial charge on any atom is 0.416 e. The maximum atomic E-state index is 12.7. The number of nitro benzene ring substituents is 1. The molecule has 2 aromatic rings. The first-order valence-electron chi connectivity index (χ1n) is 8.65. The normalized spacial score (nSPS) is 15.6. The Morgan fingerprint density at radius 1 is 1.03 bits per heavy atom. The molecule has 0 saturated carbocycles. The van der Waals surface area contributed by atoms with E-state index in [1.165, 1.54) is 18.2 Å². The molecule has 0 radical (unpaired) electrons. The molecule has 0 aliphatic carbocycles. The van der Waals surface area contributed by atoms with Crippen LogP contribution in [0.3, 0.4) is 0 Å². The van der Waals surface area contributed by atoms with Crippen molar-refractivity contribution in [1.82, 2.24) is 4.31 Å². The smallest absolute Gasteiger partial charge is 0.363 e. The molecule has 1 aliphatic rings. The number of nitrogens with zero attached hydrogens (tertiary/aromatic N) is 4. The minimum atomic E-state index is -4.57. The van der Waals surface area contributed by atoms with Crippen LogP contribution in [0.4, 0.5) is 24.5 Å². The fourth-order valence-electron chi connectivity index (χ4n) is 3.13. The van der Waals surface area contributed by atoms with Gasteiger partial charge >= 0.3 is 6.18 Å². The van der Waals surface area contributed by atoms with Crippen LogP contribution in [-0.2, 0) is 16.2 Å². The van der Waals surface area contributed by atoms with Crippen molar-refractivity contribution >= 4 is 21.4 Å². The number of alkyl halides is 3. The van der Waals surface area contributed by atoms with Crippen molar-refractivity contribution in [3.8, 4) is 6.07 Å². The minimum absolute atomic E-state index is 0.0166. The number of hydrogen-bond donors (Lipinski definition) is 0. The number of sulfonamides is 1. The molecule has 0 bridgehead atoms. The van der Waals surface area contributed by atoms with Gasteiger partial charge in [0.2, 0.25) is 10.0 Å². The summed E-state index contributed by atoms with van der Waals surface area (Å²) >= 11 is 0. The van der Waals surface area contributed by atoms with Crippen molar-refractivity contribution in [2.45, 2.75) is 11.1 Å². The van der Waals surface area contributed by atoms with E-state index in [0.717, 1.165) is 16.4 Å². The fourth-order valence-corrected chi connectivity index (χ4v) is 4.56. The van der Waals surface area contributed by atoms with E-state index in [-0.39, 0.29) is 48.0 Å². The standard InChI is InChI=1S/C18H15F3N4O4S/c19-18(20,21)14-2-4-15(5-3-14)30(28,29)24-9-7-23(8-10-24)17-11-13(12-22)1-6-16(17)25(26)27/h1-6,11H,7-10H2. The summed E-state index contributed by atoms with van der Waals surface area (Å²) in [4.78, 5) is 12.0. The summed E-state index contributed by atoms with van der Waals surface area (Å²) in [6.45, 7) is 0.208. The second kappa shape index (κ2) is 7.92. The molecule has 158 valence electrons. The van der Waals surface area contributed by atoms with Gasteiger partial charge in [0, 0.05) is 32.2 Å². The van der Waals surface area contributed by atoms with Crippen molar-refractivity contribution in [2.24, 2.45) is 0 Å². The molecule has 0 spiro atoms. The van der Waals surface area contributed by atoms with Gasteiger partial charge in [-0.1, -0.05) is 0 Å². The van der Waals surface area contributed by atoms with Crippen LogP contribution in [0.2, 0.25) is 0 Å². The maximum absolute atomic E-state index is 12.7. The average Bonchev–Trinajstić information content (AvgIpc) is 2.72. The second-order valence-electron chi connectivity index (χ2n) is 6.49. The van der Waals surface area contributed by atoms with Gasteiger partial charge < -0.3 is 4.90 Å². The highest BCUT2D eigenvalue weighted by molar-refractivity contribution is 7.89. The van der Waals surface area contributed by atoms with Crippen LogP contribution in [0.15, 0.2) is 47.4 Å². The molecule has 3 rings (SSSR count). The van der Waals surface area contributed by atoms with Gasteiger partial charge in [0.1, 0.15) is 5.69 Å². The molecule has 0 N–H and O–H groups in total. The molecule has 1 fully saturated rings. The number of benzene rings is 2. The zero-order valence-electron chi connectivity index (χ0n) is 15.3. The van der Waals surface area contributed by atoms with E-state index in [1.54, 1.807) is 4.90 Å². The molecule has 1 heterocycles. The van der Waals surface area contributed by atoms with E-state index in [4.69, 9.17) is 5.26 Å². The Hall–Kier alpha value is -3.17. The van der Waals surface area contributed by atoms with Crippen LogP contribution >= 0.6 is 0 Å². The van der Waals surface area contributed by atoms with Crippen LogP contribution in [0.25, 0.3) is 0 Å². The molecular weight excluding hydrogens is 425 g/mol. The summed E-state index contributed by atoms with van der Waals surface area (Å²) in [7, 11) is -4.02. The quantitative estimate of drug-likeness (QED) is 0.534. The van der Waals surface area contributed by atoms with Gasteiger partial charge in [-0.25, -0.2) is 8.42 Å². The highest BCUT2D eigenvalue weighted by atomic mass is 32.2. The first-order valence-corrected chi connectivity index (χ1v) is 10.1. The van der Waals surface area contributed by atoms with Crippen LogP contribution in [-0.4, -0.2) is 43.8 Å². The van der Waals surface area contributed by atoms with E-state index in [0.29, 0.717) is 12.1 Å². The summed E-state index contributed by atoms with van der Waals surface area (Å²) < 4.78 is 64.7. The molecule has 0 aromatic heterocycles. The predicted octanol–water partition coefficient (Wildman–Crippen LogP) is 3.00. The van der Waals surface area contributed by atoms with Crippen LogP contribution in [0, 0.1) is 21.4 Å². The number of hydrogen-bond acceptors (Lipinski definition) is 6. The highest BCUT2D eigenvalue weighted by Gasteiger charge is 2.33. The van der Waals surface area contributed by atoms with Gasteiger partial charge in [0.15, 0.2) is 0 Å². The largest absolute Gasteiger partial charge is 0.416 e. The summed E-state index contributed by atoms with van der Waals surface area (Å²) in [6, 6.07) is 9.06. The number of halogens is 3. The van der Waals surface area contributed by atoms with Crippen molar-refractivity contribution in [3.05, 3.63) is 63.7 Å². The van der Waals surface area contributed by atoms with Crippen molar-refractivity contribution < 1.29 is 26.5 Å². The Balaban J connectivity index is 1.79. The van der Waals surface area contributed by atoms with Gasteiger partial charge in [-0.3, -0.25) is 10.1 Å². The Morgan fingerprint density at radius 2 is 1.63 bits per heavy atom. The summed E-state index contributed by atoms with van der Waals surface area (Å²) in [5, 5.41) is 20.3. The predicted molar refractivity (Wildman–Crippen MR) is 100 cm³/mol. The lowest BCUT2D eigenvalue weighted by Gasteiger charge is -2.35. The lowest BCUT2D eigenvalue weighted by Crippen LogP contribution is -2.48. The van der Waals surface area contributed by atoms with Crippen LogP contribution in [0.5, 0.6) is 0 Å². The molecule has 0 amide bonds. The average molecular weight is 440 g/mol. The van der Waals surface area contributed by atoms with Gasteiger partial charge in [0.05, 0.1) is 27.0 Å². The summed E-state index contributed by atoms with van der Waals surface area (Å²) in [5.41, 5.74) is -0.704. The number of rotatable bonds is 4. The third-order valence-corrected chi connectivity index (χ3v) is 6.61. The highest BCUT2D eigenvalue weighted by Crippen LogP contribution is 2.32. The molecular formula is C18H15F3N4O4S. The van der Waals surface area contributed by atoms with Crippen molar-refractivity contribution in [1.29, 1.82) is 5.26 Å². The Bertz CT molecular complexity index is 1100. The van der Waals surface area contributed by atoms with Crippen LogP contribution in [0.1, 0.15) is 11.1 Å². The minimum Gasteiger partial charge on any atom is -0.363 e. The van der Waals surface area contributed by atoms with Gasteiger partial charge in [0.25, 0.3) is 5.69 Å². The molecule has 0 atom stereocenters. The molecule has 0 unspecified atom stereocenters. The van der Waals surface area contributed by atoms with Gasteiger partial charge in [-0.05, 0) is 36.4 Å². The number of piperazine rings is 1. The van der Waals surface area contributed by atoms with E-state index in [9.17, 15) is 31.7 Å². The summed E-state index contributed by atoms with van der Waals surface area (Å²) in [5.74, 6) is 0. The third kappa shape index (κ3) is 4.22. The SMILES string of the molecule is N#Cc1ccc([N+](=O)[O-])c(N2CCN(S(=O)(=O)c3ccc(C(F)(F)F)cc3)CC2)c1. The lowest BCUT2D eigenvalue weighted by molar-refractivity contribution is -0.384. The monoisotopic (exact) mass is 440 g/mol.